The number of aryl methyl sites for hydroxylation is 1. The van der Waals surface area contributed by atoms with Crippen LogP contribution in [0.1, 0.15) is 72.4 Å². The van der Waals surface area contributed by atoms with Gasteiger partial charge in [-0.15, -0.1) is 5.06 Å². The van der Waals surface area contributed by atoms with Crippen LogP contribution in [0.15, 0.2) is 35.9 Å². The summed E-state index contributed by atoms with van der Waals surface area (Å²) >= 11 is 0. The number of nitrogens with one attached hydrogen (secondary N) is 1. The Balaban J connectivity index is 2.11. The maximum Gasteiger partial charge on any atom is 0.359 e. The fourth-order valence-corrected chi connectivity index (χ4v) is 4.02. The summed E-state index contributed by atoms with van der Waals surface area (Å²) in [6, 6.07) is 7.25. The van der Waals surface area contributed by atoms with Gasteiger partial charge < -0.3 is 15.1 Å². The summed E-state index contributed by atoms with van der Waals surface area (Å²) in [6.07, 6.45) is 1.50. The van der Waals surface area contributed by atoms with Crippen molar-refractivity contribution in [2.45, 2.75) is 79.7 Å². The molecule has 0 saturated carbocycles. The van der Waals surface area contributed by atoms with Crippen LogP contribution < -0.4 is 5.32 Å². The van der Waals surface area contributed by atoms with Crippen LogP contribution in [-0.4, -0.2) is 59.2 Å². The second kappa shape index (κ2) is 11.9. The lowest BCUT2D eigenvalue weighted by molar-refractivity contribution is -0.194. The summed E-state index contributed by atoms with van der Waals surface area (Å²) in [5.41, 5.74) is 1.25. The van der Waals surface area contributed by atoms with Crippen molar-refractivity contribution in [2.24, 2.45) is 11.3 Å². The average molecular weight is 528 g/mol. The smallest absolute Gasteiger partial charge is 0.344 e. The molecule has 2 rings (SSSR count). The van der Waals surface area contributed by atoms with E-state index in [1.165, 1.54) is 17.9 Å². The highest BCUT2D eigenvalue weighted by Gasteiger charge is 2.39. The van der Waals surface area contributed by atoms with E-state index in [1.54, 1.807) is 7.05 Å². The number of rotatable bonds is 9. The molecule has 9 nitrogen and oxygen atoms in total. The molecule has 1 aromatic rings. The molecule has 0 bridgehead atoms. The number of imide groups is 1. The minimum Gasteiger partial charge on any atom is -0.344 e. The highest BCUT2D eigenvalue weighted by atomic mass is 16.7. The van der Waals surface area contributed by atoms with Crippen molar-refractivity contribution in [3.8, 4) is 0 Å². The van der Waals surface area contributed by atoms with E-state index in [9.17, 15) is 24.0 Å². The van der Waals surface area contributed by atoms with Gasteiger partial charge in [-0.25, -0.2) is 4.79 Å². The van der Waals surface area contributed by atoms with Crippen LogP contribution in [0.4, 0.5) is 0 Å². The lowest BCUT2D eigenvalue weighted by Crippen LogP contribution is -2.56. The summed E-state index contributed by atoms with van der Waals surface area (Å²) < 4.78 is 0. The topological polar surface area (TPSA) is 113 Å². The molecule has 1 aliphatic rings. The van der Waals surface area contributed by atoms with Crippen molar-refractivity contribution in [2.75, 3.05) is 13.6 Å². The van der Waals surface area contributed by atoms with Crippen molar-refractivity contribution in [3.63, 3.8) is 0 Å². The predicted octanol–water partition coefficient (Wildman–Crippen LogP) is 3.45. The number of nitrogens with zero attached hydrogens (tertiary/aromatic N) is 2. The van der Waals surface area contributed by atoms with Gasteiger partial charge in [-0.05, 0) is 24.8 Å². The van der Waals surface area contributed by atoms with E-state index in [0.717, 1.165) is 11.1 Å². The third-order valence-electron chi connectivity index (χ3n) is 7.19. The van der Waals surface area contributed by atoms with E-state index in [1.807, 2.05) is 66.7 Å². The molecule has 0 spiro atoms. The third kappa shape index (κ3) is 7.30. The quantitative estimate of drug-likeness (QED) is 0.389. The summed E-state index contributed by atoms with van der Waals surface area (Å²) in [6.45, 7) is 15.1. The summed E-state index contributed by atoms with van der Waals surface area (Å²) in [7, 11) is 1.58. The van der Waals surface area contributed by atoms with Gasteiger partial charge in [-0.1, -0.05) is 77.4 Å². The Kier molecular flexibility index (Phi) is 9.64. The van der Waals surface area contributed by atoms with E-state index in [-0.39, 0.29) is 36.8 Å². The lowest BCUT2D eigenvalue weighted by atomic mass is 9.73. The van der Waals surface area contributed by atoms with Crippen LogP contribution in [0.2, 0.25) is 0 Å². The second-order valence-corrected chi connectivity index (χ2v) is 11.7. The molecule has 0 aliphatic carbocycles. The van der Waals surface area contributed by atoms with Gasteiger partial charge in [0.1, 0.15) is 6.04 Å². The summed E-state index contributed by atoms with van der Waals surface area (Å²) in [5.74, 6) is -2.93. The van der Waals surface area contributed by atoms with E-state index >= 15 is 0 Å². The minimum absolute atomic E-state index is 0.00676. The van der Waals surface area contributed by atoms with E-state index in [2.05, 4.69) is 11.4 Å². The van der Waals surface area contributed by atoms with Crippen LogP contribution in [0.25, 0.3) is 0 Å². The van der Waals surface area contributed by atoms with Crippen LogP contribution in [-0.2, 0) is 34.2 Å². The molecular weight excluding hydrogens is 486 g/mol. The lowest BCUT2D eigenvalue weighted by Gasteiger charge is -2.37. The number of hydroxylamine groups is 2. The Hall–Kier alpha value is -3.49. The fourth-order valence-electron chi connectivity index (χ4n) is 4.02. The molecule has 1 aliphatic heterocycles. The fraction of sp³-hybridized carbons (Fsp3) is 0.552. The Bertz CT molecular complexity index is 1120. The highest BCUT2D eigenvalue weighted by molar-refractivity contribution is 6.02. The molecule has 9 heteroatoms. The van der Waals surface area contributed by atoms with Crippen LogP contribution in [0, 0.1) is 18.3 Å². The van der Waals surface area contributed by atoms with Crippen LogP contribution in [0.5, 0.6) is 0 Å². The number of hydrogen-bond acceptors (Lipinski definition) is 6. The molecule has 1 saturated heterocycles. The molecule has 1 heterocycles. The van der Waals surface area contributed by atoms with Crippen molar-refractivity contribution in [3.05, 3.63) is 47.0 Å². The maximum absolute atomic E-state index is 13.4. The van der Waals surface area contributed by atoms with Gasteiger partial charge >= 0.3 is 5.97 Å². The SMILES string of the molecule is C/C(=C\CN(C)C(=O)C(NC(=O)C(C)C(C)(C)c1cccc(C)c1)C(C)(C)C)C(=O)ON1C(=O)CCC1=O. The summed E-state index contributed by atoms with van der Waals surface area (Å²) in [4.78, 5) is 68.8. The Morgan fingerprint density at radius 2 is 1.68 bits per heavy atom. The van der Waals surface area contributed by atoms with E-state index in [0.29, 0.717) is 5.06 Å². The van der Waals surface area contributed by atoms with Crippen molar-refractivity contribution in [1.82, 2.24) is 15.3 Å². The number of carbonyl (C=O) groups is 5. The Morgan fingerprint density at radius 3 is 2.21 bits per heavy atom. The van der Waals surface area contributed by atoms with Gasteiger partial charge in [-0.2, -0.15) is 0 Å². The molecule has 0 aromatic heterocycles. The Labute approximate surface area is 225 Å². The zero-order chi connectivity index (χ0) is 29.0. The third-order valence-corrected chi connectivity index (χ3v) is 7.19. The van der Waals surface area contributed by atoms with Gasteiger partial charge in [0.15, 0.2) is 0 Å². The molecule has 38 heavy (non-hydrogen) atoms. The first-order valence-electron chi connectivity index (χ1n) is 12.8. The molecule has 1 N–H and O–H groups in total. The zero-order valence-corrected chi connectivity index (χ0v) is 24.0. The van der Waals surface area contributed by atoms with Gasteiger partial charge in [0.25, 0.3) is 11.8 Å². The monoisotopic (exact) mass is 527 g/mol. The maximum atomic E-state index is 13.4. The molecule has 1 fully saturated rings. The zero-order valence-electron chi connectivity index (χ0n) is 24.0. The van der Waals surface area contributed by atoms with Crippen molar-refractivity contribution in [1.29, 1.82) is 0 Å². The Morgan fingerprint density at radius 1 is 1.11 bits per heavy atom. The van der Waals surface area contributed by atoms with Crippen LogP contribution >= 0.6 is 0 Å². The summed E-state index contributed by atoms with van der Waals surface area (Å²) in [5, 5.41) is 3.46. The van der Waals surface area contributed by atoms with Crippen LogP contribution in [0.3, 0.4) is 0 Å². The van der Waals surface area contributed by atoms with Crippen molar-refractivity contribution >= 4 is 29.6 Å². The van der Waals surface area contributed by atoms with Gasteiger partial charge in [0.2, 0.25) is 11.8 Å². The van der Waals surface area contributed by atoms with Crippen molar-refractivity contribution < 1.29 is 28.8 Å². The van der Waals surface area contributed by atoms with E-state index in [4.69, 9.17) is 4.84 Å². The largest absolute Gasteiger partial charge is 0.359 e. The normalized spacial score (nSPS) is 16.2. The average Bonchev–Trinajstić information content (AvgIpc) is 3.15. The highest BCUT2D eigenvalue weighted by Crippen LogP contribution is 2.33. The number of amides is 4. The first-order valence-corrected chi connectivity index (χ1v) is 12.8. The predicted molar refractivity (Wildman–Crippen MR) is 143 cm³/mol. The number of benzene rings is 1. The second-order valence-electron chi connectivity index (χ2n) is 11.7. The molecule has 0 radical (unpaired) electrons. The standard InChI is InChI=1S/C29H41N3O6/c1-18-11-10-12-21(17-18)29(7,8)20(3)25(35)30-24(28(4,5)6)26(36)31(9)16-15-19(2)27(37)38-32-22(33)13-14-23(32)34/h10-12,15,17,20,24H,13-14,16H2,1-9H3,(H,30,35)/b19-15+. The molecule has 4 amide bonds. The van der Waals surface area contributed by atoms with Gasteiger partial charge in [-0.3, -0.25) is 19.2 Å². The van der Waals surface area contributed by atoms with Gasteiger partial charge in [0.05, 0.1) is 0 Å². The number of likely N-dealkylation sites (N-methyl/N-ethyl adjacent to an activating group) is 1. The number of carbonyl (C=O) groups excluding carboxylic acids is 5. The molecule has 208 valence electrons. The molecule has 1 aromatic carbocycles. The molecule has 2 unspecified atom stereocenters. The van der Waals surface area contributed by atoms with E-state index < -0.39 is 40.6 Å². The first kappa shape index (κ1) is 30.7. The van der Waals surface area contributed by atoms with Gasteiger partial charge in [0, 0.05) is 43.3 Å². The number of hydrogen-bond donors (Lipinski definition) is 1. The minimum atomic E-state index is -0.845. The first-order chi connectivity index (χ1) is 17.5. The molecule has 2 atom stereocenters. The molecular formula is C29H41N3O6.